The molecule has 1 N–H and O–H groups in total. The first-order valence-corrected chi connectivity index (χ1v) is 11.8. The van der Waals surface area contributed by atoms with Gasteiger partial charge in [-0.2, -0.15) is 0 Å². The summed E-state index contributed by atoms with van der Waals surface area (Å²) in [6, 6.07) is 12.5. The highest BCUT2D eigenvalue weighted by Crippen LogP contribution is 2.37. The van der Waals surface area contributed by atoms with Crippen LogP contribution in [0.25, 0.3) is 16.6 Å². The van der Waals surface area contributed by atoms with E-state index in [1.807, 2.05) is 18.2 Å². The molecule has 174 valence electrons. The predicted octanol–water partition coefficient (Wildman–Crippen LogP) is 4.60. The minimum Gasteiger partial charge on any atom is -0.360 e. The molecule has 0 aliphatic carbocycles. The molecule has 2 aliphatic heterocycles. The van der Waals surface area contributed by atoms with Crippen molar-refractivity contribution < 1.29 is 13.9 Å². The van der Waals surface area contributed by atoms with Crippen molar-refractivity contribution in [3.05, 3.63) is 65.1 Å². The van der Waals surface area contributed by atoms with E-state index in [1.54, 1.807) is 24.1 Å². The Labute approximate surface area is 197 Å². The molecule has 0 bridgehead atoms. The lowest BCUT2D eigenvalue weighted by atomic mass is 9.89. The van der Waals surface area contributed by atoms with E-state index < -0.39 is 0 Å². The van der Waals surface area contributed by atoms with Crippen LogP contribution in [-0.2, 0) is 4.74 Å². The summed E-state index contributed by atoms with van der Waals surface area (Å²) in [6.07, 6.45) is 4.08. The minimum absolute atomic E-state index is 0.0535. The monoisotopic (exact) mass is 470 g/mol. The van der Waals surface area contributed by atoms with Crippen molar-refractivity contribution in [3.8, 4) is 5.69 Å². The lowest BCUT2D eigenvalue weighted by Crippen LogP contribution is -2.43. The van der Waals surface area contributed by atoms with Crippen molar-refractivity contribution in [3.63, 3.8) is 0 Å². The second-order valence-electron chi connectivity index (χ2n) is 8.78. The van der Waals surface area contributed by atoms with Gasteiger partial charge in [0.15, 0.2) is 6.23 Å². The third kappa shape index (κ3) is 4.45. The summed E-state index contributed by atoms with van der Waals surface area (Å²) in [7, 11) is 1.64. The van der Waals surface area contributed by atoms with Gasteiger partial charge in [-0.3, -0.25) is 4.90 Å². The fourth-order valence-corrected chi connectivity index (χ4v) is 5.23. The molecule has 2 aliphatic rings. The number of benzene rings is 2. The largest absolute Gasteiger partial charge is 0.360 e. The molecule has 2 saturated heterocycles. The van der Waals surface area contributed by atoms with Gasteiger partial charge in [0.25, 0.3) is 0 Å². The van der Waals surface area contributed by atoms with E-state index in [0.29, 0.717) is 19.0 Å². The van der Waals surface area contributed by atoms with Crippen LogP contribution in [0.1, 0.15) is 24.3 Å². The van der Waals surface area contributed by atoms with E-state index in [4.69, 9.17) is 16.3 Å². The summed E-state index contributed by atoms with van der Waals surface area (Å²) in [5.41, 5.74) is 3.30. The second-order valence-corrected chi connectivity index (χ2v) is 9.21. The van der Waals surface area contributed by atoms with Gasteiger partial charge in [-0.15, -0.1) is 0 Å². The SMILES string of the molecule is COC1CNC(=O)N1CCN1CCC(c2cn(-c3ccc(F)cc3)c3ccc(Cl)cc23)CC1. The Morgan fingerprint density at radius 1 is 1.12 bits per heavy atom. The van der Waals surface area contributed by atoms with Gasteiger partial charge in [0.1, 0.15) is 5.82 Å². The lowest BCUT2D eigenvalue weighted by molar-refractivity contribution is 0.0150. The van der Waals surface area contributed by atoms with Crippen molar-refractivity contribution in [1.29, 1.82) is 0 Å². The molecular weight excluding hydrogens is 443 g/mol. The lowest BCUT2D eigenvalue weighted by Gasteiger charge is -2.33. The molecule has 2 aromatic carbocycles. The molecule has 33 heavy (non-hydrogen) atoms. The third-order valence-corrected chi connectivity index (χ3v) is 7.13. The summed E-state index contributed by atoms with van der Waals surface area (Å²) in [5.74, 6) is 0.180. The van der Waals surface area contributed by atoms with Gasteiger partial charge < -0.3 is 19.5 Å². The number of hydrogen-bond donors (Lipinski definition) is 1. The average Bonchev–Trinajstić information content (AvgIpc) is 3.38. The molecule has 5 rings (SSSR count). The van der Waals surface area contributed by atoms with E-state index in [0.717, 1.165) is 54.1 Å². The van der Waals surface area contributed by atoms with Crippen LogP contribution in [0.4, 0.5) is 9.18 Å². The van der Waals surface area contributed by atoms with Gasteiger partial charge in [-0.25, -0.2) is 9.18 Å². The molecule has 1 unspecified atom stereocenters. The van der Waals surface area contributed by atoms with Crippen molar-refractivity contribution in [1.82, 2.24) is 19.7 Å². The van der Waals surface area contributed by atoms with Gasteiger partial charge in [-0.1, -0.05) is 11.6 Å². The van der Waals surface area contributed by atoms with E-state index in [2.05, 4.69) is 21.0 Å². The number of piperidine rings is 1. The van der Waals surface area contributed by atoms with Crippen LogP contribution in [0.2, 0.25) is 5.02 Å². The van der Waals surface area contributed by atoms with E-state index >= 15 is 0 Å². The third-order valence-electron chi connectivity index (χ3n) is 6.90. The van der Waals surface area contributed by atoms with Gasteiger partial charge in [-0.05, 0) is 79.9 Å². The maximum atomic E-state index is 13.5. The topological polar surface area (TPSA) is 49.7 Å². The zero-order valence-electron chi connectivity index (χ0n) is 18.6. The van der Waals surface area contributed by atoms with Crippen molar-refractivity contribution in [2.24, 2.45) is 0 Å². The number of rotatable bonds is 6. The Morgan fingerprint density at radius 2 is 1.88 bits per heavy atom. The average molecular weight is 471 g/mol. The highest BCUT2D eigenvalue weighted by molar-refractivity contribution is 6.31. The van der Waals surface area contributed by atoms with E-state index in [-0.39, 0.29) is 18.1 Å². The van der Waals surface area contributed by atoms with Crippen LogP contribution < -0.4 is 5.32 Å². The number of carbonyl (C=O) groups excluding carboxylic acids is 1. The molecule has 6 nitrogen and oxygen atoms in total. The number of amides is 2. The number of nitrogens with zero attached hydrogens (tertiary/aromatic N) is 3. The quantitative estimate of drug-likeness (QED) is 0.572. The fourth-order valence-electron chi connectivity index (χ4n) is 5.06. The standard InChI is InChI=1S/C25H28ClFN4O2/c1-33-24-15-28-25(32)30(24)13-12-29-10-8-17(9-11-29)22-16-31(20-5-3-19(27)4-6-20)23-7-2-18(26)14-21(22)23/h2-7,14,16-17,24H,8-13,15H2,1H3,(H,28,32). The molecule has 0 spiro atoms. The van der Waals surface area contributed by atoms with Crippen LogP contribution in [0, 0.1) is 5.82 Å². The maximum Gasteiger partial charge on any atom is 0.319 e. The summed E-state index contributed by atoms with van der Waals surface area (Å²) in [5, 5.41) is 4.71. The van der Waals surface area contributed by atoms with Gasteiger partial charge in [0, 0.05) is 42.5 Å². The molecule has 0 radical (unpaired) electrons. The predicted molar refractivity (Wildman–Crippen MR) is 128 cm³/mol. The summed E-state index contributed by atoms with van der Waals surface area (Å²) < 4.78 is 21.0. The van der Waals surface area contributed by atoms with E-state index in [1.165, 1.54) is 17.7 Å². The Hall–Kier alpha value is -2.61. The Balaban J connectivity index is 1.31. The Morgan fingerprint density at radius 3 is 2.61 bits per heavy atom. The maximum absolute atomic E-state index is 13.5. The molecule has 3 heterocycles. The number of halogens is 2. The summed E-state index contributed by atoms with van der Waals surface area (Å²) >= 11 is 6.35. The number of urea groups is 1. The number of fused-ring (bicyclic) bond motifs is 1. The first-order valence-electron chi connectivity index (χ1n) is 11.4. The number of likely N-dealkylation sites (tertiary alicyclic amines) is 1. The normalized spacial score (nSPS) is 20.0. The fraction of sp³-hybridized carbons (Fsp3) is 0.400. The van der Waals surface area contributed by atoms with Gasteiger partial charge >= 0.3 is 6.03 Å². The molecule has 1 aromatic heterocycles. The number of methoxy groups -OCH3 is 1. The minimum atomic E-state index is -0.242. The number of nitrogens with one attached hydrogen (secondary N) is 1. The first-order chi connectivity index (χ1) is 16.0. The van der Waals surface area contributed by atoms with Crippen molar-refractivity contribution in [2.75, 3.05) is 39.8 Å². The van der Waals surface area contributed by atoms with Crippen molar-refractivity contribution in [2.45, 2.75) is 25.0 Å². The van der Waals surface area contributed by atoms with Gasteiger partial charge in [0.2, 0.25) is 0 Å². The Kier molecular flexibility index (Phi) is 6.27. The zero-order chi connectivity index (χ0) is 22.9. The van der Waals surface area contributed by atoms with Crippen LogP contribution in [0.15, 0.2) is 48.7 Å². The molecule has 1 atom stereocenters. The van der Waals surface area contributed by atoms with Gasteiger partial charge in [0.05, 0.1) is 12.1 Å². The smallest absolute Gasteiger partial charge is 0.319 e. The molecular formula is C25H28ClFN4O2. The molecule has 3 aromatic rings. The Bertz CT molecular complexity index is 1140. The highest BCUT2D eigenvalue weighted by Gasteiger charge is 2.31. The second kappa shape index (κ2) is 9.33. The molecule has 0 saturated carbocycles. The summed E-state index contributed by atoms with van der Waals surface area (Å²) in [6.45, 7) is 3.98. The number of aromatic nitrogens is 1. The highest BCUT2D eigenvalue weighted by atomic mass is 35.5. The number of hydrogen-bond acceptors (Lipinski definition) is 3. The zero-order valence-corrected chi connectivity index (χ0v) is 19.4. The first kappa shape index (κ1) is 22.2. The number of ether oxygens (including phenoxy) is 1. The van der Waals surface area contributed by atoms with Crippen LogP contribution in [0.5, 0.6) is 0 Å². The molecule has 2 fully saturated rings. The van der Waals surface area contributed by atoms with Crippen LogP contribution in [0.3, 0.4) is 0 Å². The molecule has 2 amide bonds. The molecule has 8 heteroatoms. The van der Waals surface area contributed by atoms with E-state index in [9.17, 15) is 9.18 Å². The van der Waals surface area contributed by atoms with Crippen molar-refractivity contribution >= 4 is 28.5 Å². The van der Waals surface area contributed by atoms with Crippen LogP contribution >= 0.6 is 11.6 Å². The van der Waals surface area contributed by atoms with Crippen LogP contribution in [-0.4, -0.2) is 66.5 Å². The summed E-state index contributed by atoms with van der Waals surface area (Å²) in [4.78, 5) is 16.2. The number of carbonyl (C=O) groups is 1.